The van der Waals surface area contributed by atoms with Gasteiger partial charge in [-0.25, -0.2) is 28.0 Å². The molecule has 62 heavy (non-hydrogen) atoms. The van der Waals surface area contributed by atoms with Crippen LogP contribution in [0.15, 0.2) is 34.5 Å². The summed E-state index contributed by atoms with van der Waals surface area (Å²) in [4.78, 5) is 56.7. The fourth-order valence-electron chi connectivity index (χ4n) is 7.06. The van der Waals surface area contributed by atoms with E-state index < -0.39 is 58.2 Å². The van der Waals surface area contributed by atoms with Crippen molar-refractivity contribution in [1.82, 2.24) is 19.8 Å². The molecule has 16 nitrogen and oxygen atoms in total. The molecule has 2 aromatic rings. The molecule has 0 bridgehead atoms. The van der Waals surface area contributed by atoms with Crippen molar-refractivity contribution >= 4 is 36.3 Å². The standard InChI is InChI=1S/C42H56F4N6O10/c1-49(19-23-57-5)21-25-59-31-13-11-29(33(43)35(31)45)27-47-51(3)41(15-7-8-16-41)39(55)61-37(53)38(54)62-40(56)42(17-9-10-18-42)52(4)48-28-30-12-14-32(36(46)34(30)44)60-26-22-50(2)20-24-58-6/h11-14,27-28H,7-10,15-26H2,1-6H3/b47-27+,48-28+. The van der Waals surface area contributed by atoms with Crippen molar-refractivity contribution in [2.45, 2.75) is 62.4 Å². The van der Waals surface area contributed by atoms with E-state index in [1.165, 1.54) is 38.4 Å². The van der Waals surface area contributed by atoms with Gasteiger partial charge < -0.3 is 38.2 Å². The van der Waals surface area contributed by atoms with Gasteiger partial charge in [-0.1, -0.05) is 25.7 Å². The van der Waals surface area contributed by atoms with E-state index in [4.69, 9.17) is 28.4 Å². The van der Waals surface area contributed by atoms with Gasteiger partial charge in [0.15, 0.2) is 34.2 Å². The summed E-state index contributed by atoms with van der Waals surface area (Å²) in [6.07, 6.45) is 4.63. The number of carbonyl (C=O) groups excluding carboxylic acids is 4. The fraction of sp³-hybridized carbons (Fsp3) is 0.571. The van der Waals surface area contributed by atoms with Gasteiger partial charge in [-0.15, -0.1) is 0 Å². The Morgan fingerprint density at radius 2 is 0.903 bits per heavy atom. The zero-order valence-electron chi connectivity index (χ0n) is 36.1. The second-order valence-corrected chi connectivity index (χ2v) is 15.2. The monoisotopic (exact) mass is 880 g/mol. The first kappa shape index (κ1) is 49.5. The number of halogens is 4. The third-order valence-corrected chi connectivity index (χ3v) is 11.1. The summed E-state index contributed by atoms with van der Waals surface area (Å²) in [5.74, 6) is -11.3. The van der Waals surface area contributed by atoms with Gasteiger partial charge in [-0.3, -0.25) is 10.0 Å². The van der Waals surface area contributed by atoms with Crippen LogP contribution in [-0.4, -0.2) is 162 Å². The molecular weight excluding hydrogens is 824 g/mol. The molecule has 2 aromatic carbocycles. The van der Waals surface area contributed by atoms with Crippen molar-refractivity contribution in [2.75, 3.05) is 95.0 Å². The third-order valence-electron chi connectivity index (χ3n) is 11.1. The van der Waals surface area contributed by atoms with Crippen LogP contribution in [-0.2, 0) is 38.1 Å². The van der Waals surface area contributed by atoms with Gasteiger partial charge in [0.2, 0.25) is 11.6 Å². The summed E-state index contributed by atoms with van der Waals surface area (Å²) in [5, 5.41) is 10.6. The zero-order valence-corrected chi connectivity index (χ0v) is 36.1. The van der Waals surface area contributed by atoms with Crippen LogP contribution in [0, 0.1) is 23.3 Å². The smallest absolute Gasteiger partial charge is 0.425 e. The van der Waals surface area contributed by atoms with Gasteiger partial charge in [0.1, 0.15) is 13.2 Å². The Morgan fingerprint density at radius 1 is 0.565 bits per heavy atom. The number of esters is 4. The molecule has 0 amide bonds. The van der Waals surface area contributed by atoms with Crippen molar-refractivity contribution in [3.63, 3.8) is 0 Å². The minimum absolute atomic E-state index is 0.0954. The highest BCUT2D eigenvalue weighted by Gasteiger charge is 2.50. The maximum Gasteiger partial charge on any atom is 0.425 e. The average Bonchev–Trinajstić information content (AvgIpc) is 3.97. The first-order chi connectivity index (χ1) is 29.6. The second kappa shape index (κ2) is 23.3. The lowest BCUT2D eigenvalue weighted by Gasteiger charge is -2.34. The van der Waals surface area contributed by atoms with Crippen molar-refractivity contribution in [1.29, 1.82) is 0 Å². The van der Waals surface area contributed by atoms with E-state index in [0.717, 1.165) is 22.4 Å². The Labute approximate surface area is 358 Å². The highest BCUT2D eigenvalue weighted by molar-refractivity contribution is 6.33. The highest BCUT2D eigenvalue weighted by Crippen LogP contribution is 2.38. The number of benzene rings is 2. The molecule has 342 valence electrons. The summed E-state index contributed by atoms with van der Waals surface area (Å²) in [5.41, 5.74) is -3.62. The van der Waals surface area contributed by atoms with Gasteiger partial charge >= 0.3 is 23.9 Å². The number of carbonyl (C=O) groups is 4. The van der Waals surface area contributed by atoms with E-state index in [2.05, 4.69) is 10.2 Å². The van der Waals surface area contributed by atoms with Crippen molar-refractivity contribution in [3.8, 4) is 11.5 Å². The van der Waals surface area contributed by atoms with Gasteiger partial charge in [-0.2, -0.15) is 19.0 Å². The van der Waals surface area contributed by atoms with E-state index in [-0.39, 0.29) is 61.5 Å². The van der Waals surface area contributed by atoms with Crippen LogP contribution in [0.1, 0.15) is 62.5 Å². The molecule has 2 aliphatic carbocycles. The van der Waals surface area contributed by atoms with E-state index >= 15 is 8.78 Å². The maximum atomic E-state index is 15.0. The van der Waals surface area contributed by atoms with Gasteiger partial charge in [-0.05, 0) is 64.0 Å². The van der Waals surface area contributed by atoms with Crippen LogP contribution in [0.4, 0.5) is 17.6 Å². The molecule has 0 radical (unpaired) electrons. The first-order valence-electron chi connectivity index (χ1n) is 20.2. The summed E-state index contributed by atoms with van der Waals surface area (Å²) in [6.45, 7) is 3.33. The van der Waals surface area contributed by atoms with Crippen LogP contribution in [0.2, 0.25) is 0 Å². The SMILES string of the molecule is COCCN(C)CCOc1ccc(/C=N/N(C)C2(C(=O)OC(=O)C(=O)OC(=O)C3(N(C)/N=C/c4ccc(OCCN(C)CCOC)c(F)c4F)CCCC3)CCCC2)c(F)c1F. The Kier molecular flexibility index (Phi) is 18.6. The van der Waals surface area contributed by atoms with Crippen LogP contribution in [0.3, 0.4) is 0 Å². The Balaban J connectivity index is 1.36. The Bertz CT molecular complexity index is 1790. The lowest BCUT2D eigenvalue weighted by atomic mass is 9.97. The van der Waals surface area contributed by atoms with Crippen molar-refractivity contribution in [2.24, 2.45) is 10.2 Å². The van der Waals surface area contributed by atoms with Crippen LogP contribution >= 0.6 is 0 Å². The van der Waals surface area contributed by atoms with Crippen molar-refractivity contribution < 1.29 is 65.2 Å². The Hall–Kier alpha value is -5.18. The molecule has 0 heterocycles. The molecule has 4 rings (SSSR count). The van der Waals surface area contributed by atoms with Crippen LogP contribution in [0.5, 0.6) is 11.5 Å². The number of rotatable bonds is 22. The van der Waals surface area contributed by atoms with Crippen LogP contribution < -0.4 is 9.47 Å². The number of nitrogens with zero attached hydrogens (tertiary/aromatic N) is 6. The molecule has 0 saturated heterocycles. The third kappa shape index (κ3) is 12.5. The molecule has 0 aromatic heterocycles. The number of hydrogen-bond donors (Lipinski definition) is 0. The molecule has 0 spiro atoms. The van der Waals surface area contributed by atoms with Crippen LogP contribution in [0.25, 0.3) is 0 Å². The minimum atomic E-state index is -1.76. The second-order valence-electron chi connectivity index (χ2n) is 15.2. The molecule has 2 aliphatic rings. The average molecular weight is 881 g/mol. The number of likely N-dealkylation sites (N-methyl/N-ethyl adjacent to an activating group) is 4. The number of hydrogen-bond acceptors (Lipinski definition) is 16. The molecule has 20 heteroatoms. The predicted octanol–water partition coefficient (Wildman–Crippen LogP) is 4.15. The molecule has 0 N–H and O–H groups in total. The van der Waals surface area contributed by atoms with Gasteiger partial charge in [0, 0.05) is 65.6 Å². The quantitative estimate of drug-likeness (QED) is 0.0414. The van der Waals surface area contributed by atoms with E-state index in [1.807, 2.05) is 23.9 Å². The Morgan fingerprint density at radius 3 is 1.24 bits per heavy atom. The zero-order chi connectivity index (χ0) is 45.5. The summed E-state index contributed by atoms with van der Waals surface area (Å²) >= 11 is 0. The summed E-state index contributed by atoms with van der Waals surface area (Å²) in [6, 6.07) is 5.02. The molecule has 0 atom stereocenters. The largest absolute Gasteiger partial charge is 0.489 e. The topological polar surface area (TPSA) is 161 Å². The first-order valence-corrected chi connectivity index (χ1v) is 20.2. The molecule has 0 aliphatic heterocycles. The molecule has 2 saturated carbocycles. The normalized spacial score (nSPS) is 15.7. The minimum Gasteiger partial charge on any atom is -0.489 e. The van der Waals surface area contributed by atoms with E-state index in [1.54, 1.807) is 14.2 Å². The van der Waals surface area contributed by atoms with Gasteiger partial charge in [0.05, 0.1) is 25.6 Å². The predicted molar refractivity (Wildman–Crippen MR) is 218 cm³/mol. The lowest BCUT2D eigenvalue weighted by Crippen LogP contribution is -2.52. The van der Waals surface area contributed by atoms with E-state index in [0.29, 0.717) is 65.1 Å². The summed E-state index contributed by atoms with van der Waals surface area (Å²) in [7, 11) is 9.58. The number of methoxy groups -OCH3 is 2. The summed E-state index contributed by atoms with van der Waals surface area (Å²) < 4.78 is 90.6. The number of hydrazone groups is 2. The molecule has 2 fully saturated rings. The fourth-order valence-corrected chi connectivity index (χ4v) is 7.06. The highest BCUT2D eigenvalue weighted by atomic mass is 19.2. The maximum absolute atomic E-state index is 15.0. The molecule has 0 unspecified atom stereocenters. The van der Waals surface area contributed by atoms with Crippen molar-refractivity contribution in [3.05, 3.63) is 58.7 Å². The van der Waals surface area contributed by atoms with E-state index in [9.17, 15) is 28.0 Å². The number of ether oxygens (including phenoxy) is 6. The van der Waals surface area contributed by atoms with Gasteiger partial charge in [0.25, 0.3) is 0 Å². The molecular formula is C42H56F4N6O10. The lowest BCUT2D eigenvalue weighted by molar-refractivity contribution is -0.184.